The van der Waals surface area contributed by atoms with Crippen LogP contribution in [0.3, 0.4) is 0 Å². The summed E-state index contributed by atoms with van der Waals surface area (Å²) in [6.07, 6.45) is 0. The van der Waals surface area contributed by atoms with Gasteiger partial charge in [0.15, 0.2) is 0 Å². The van der Waals surface area contributed by atoms with Crippen LogP contribution in [0.5, 0.6) is 0 Å². The molecule has 0 unspecified atom stereocenters. The Morgan fingerprint density at radius 1 is 1.00 bits per heavy atom. The topological polar surface area (TPSA) is 60.7 Å². The predicted molar refractivity (Wildman–Crippen MR) is 13.6 cm³/mol. The van der Waals surface area contributed by atoms with Crippen LogP contribution in [0.2, 0.25) is 0 Å². The van der Waals surface area contributed by atoms with E-state index in [9.17, 15) is 0 Å². The molecule has 0 aromatic heterocycles. The average Bonchev–Trinajstić information content (AvgIpc) is 0.811. The van der Waals surface area contributed by atoms with Crippen LogP contribution in [0.15, 0.2) is 0 Å². The van der Waals surface area contributed by atoms with Gasteiger partial charge < -0.3 is 14.7 Å². The van der Waals surface area contributed by atoms with Crippen LogP contribution in [-0.2, 0) is 0 Å². The zero-order valence-electron chi connectivity index (χ0n) is 2.79. The van der Waals surface area contributed by atoms with E-state index < -0.39 is 8.60 Å². The summed E-state index contributed by atoms with van der Waals surface area (Å²) in [5, 5.41) is 0. The molecule has 3 nitrogen and oxygen atoms in total. The van der Waals surface area contributed by atoms with Crippen LogP contribution >= 0.6 is 8.60 Å². The molecule has 0 aliphatic carbocycles. The molecule has 0 rings (SSSR count). The van der Waals surface area contributed by atoms with Crippen LogP contribution < -0.4 is 51.4 Å². The Kier molecular flexibility index (Phi) is 11.9. The van der Waals surface area contributed by atoms with Crippen molar-refractivity contribution in [3.05, 3.63) is 0 Å². The largest absolute Gasteiger partial charge is 1.00 e. The molecule has 0 saturated carbocycles. The third-order valence-electron chi connectivity index (χ3n) is 0. The van der Waals surface area contributed by atoms with Crippen LogP contribution in [0.4, 0.5) is 0 Å². The summed E-state index contributed by atoms with van der Waals surface area (Å²) in [6.45, 7) is 0. The van der Waals surface area contributed by atoms with Crippen LogP contribution in [0.25, 0.3) is 0 Å². The van der Waals surface area contributed by atoms with Gasteiger partial charge in [0.1, 0.15) is 0 Å². The molecule has 0 radical (unpaired) electrons. The Balaban J connectivity index is 0. The van der Waals surface area contributed by atoms with E-state index in [4.69, 9.17) is 14.7 Å². The van der Waals surface area contributed by atoms with Crippen LogP contribution in [-0.4, -0.2) is 14.7 Å². The van der Waals surface area contributed by atoms with Gasteiger partial charge in [-0.1, -0.05) is 0 Å². The molecule has 0 heterocycles. The van der Waals surface area contributed by atoms with Crippen molar-refractivity contribution in [3.63, 3.8) is 0 Å². The maximum absolute atomic E-state index is 7.23. The number of rotatable bonds is 0. The van der Waals surface area contributed by atoms with Crippen molar-refractivity contribution in [3.8, 4) is 0 Å². The summed E-state index contributed by atoms with van der Waals surface area (Å²) in [5.74, 6) is 0. The molecule has 0 fully saturated rings. The van der Waals surface area contributed by atoms with Crippen LogP contribution in [0.1, 0.15) is 0 Å². The maximum Gasteiger partial charge on any atom is 1.00 e. The average molecular weight is 121 g/mol. The van der Waals surface area contributed by atoms with E-state index in [1.54, 1.807) is 0 Å². The first-order valence-electron chi connectivity index (χ1n) is 0.600. The second-order valence-corrected chi connectivity index (χ2v) is 0.805. The fraction of sp³-hybridized carbons (Fsp3) is 0. The van der Waals surface area contributed by atoms with E-state index in [2.05, 4.69) is 0 Å². The van der Waals surface area contributed by atoms with Gasteiger partial charge in [0.2, 0.25) is 0 Å². The molecule has 0 aromatic rings. The molecule has 0 bridgehead atoms. The molecule has 0 spiro atoms. The molecule has 26 valence electrons. The molecule has 0 aliphatic heterocycles. The van der Waals surface area contributed by atoms with E-state index in [0.717, 1.165) is 0 Å². The summed E-state index contributed by atoms with van der Waals surface area (Å²) in [4.78, 5) is 21.7. The Labute approximate surface area is 73.4 Å². The maximum atomic E-state index is 7.23. The second-order valence-electron chi connectivity index (χ2n) is 0.268. The summed E-state index contributed by atoms with van der Waals surface area (Å²) >= 11 is 0. The van der Waals surface area contributed by atoms with Crippen molar-refractivity contribution in [1.29, 1.82) is 0 Å². The van der Waals surface area contributed by atoms with Crippen molar-refractivity contribution in [2.75, 3.05) is 0 Å². The molecule has 0 amide bonds. The van der Waals surface area contributed by atoms with Gasteiger partial charge in [-0.2, -0.15) is 0 Å². The van der Waals surface area contributed by atoms with Gasteiger partial charge in [0.25, 0.3) is 0 Å². The minimum absolute atomic E-state index is 0. The normalized spacial score (nSPS) is 7.20. The number of hydrogen-bond acceptors (Lipinski definition) is 3. The van der Waals surface area contributed by atoms with Gasteiger partial charge in [0, 0.05) is 0 Å². The van der Waals surface area contributed by atoms with Gasteiger partial charge in [-0.05, 0) is 0 Å². The monoisotopic (exact) mass is 121 g/mol. The van der Waals surface area contributed by atoms with E-state index in [1.165, 1.54) is 0 Å². The first-order valence-corrected chi connectivity index (χ1v) is 1.80. The Hall–Kier alpha value is 1.95. The summed E-state index contributed by atoms with van der Waals surface area (Å²) in [5.41, 5.74) is 0. The fourth-order valence-electron chi connectivity index (χ4n) is 0. The third-order valence-corrected chi connectivity index (χ3v) is 0. The first-order chi connectivity index (χ1) is 1.73. The van der Waals surface area contributed by atoms with Gasteiger partial charge in [-0.3, -0.25) is 0 Å². The van der Waals surface area contributed by atoms with Crippen LogP contribution in [0, 0.1) is 0 Å². The fourth-order valence-corrected chi connectivity index (χ4v) is 0. The standard InChI is InChI=1S/K.H3O3P/c;1-4(2)3/h;1-3H/q+1;. The molecule has 0 saturated heterocycles. The van der Waals surface area contributed by atoms with Crippen molar-refractivity contribution in [2.45, 2.75) is 0 Å². The molecule has 3 N–H and O–H groups in total. The van der Waals surface area contributed by atoms with Gasteiger partial charge in [-0.15, -0.1) is 0 Å². The molecule has 0 aromatic carbocycles. The molecule has 0 atom stereocenters. The minimum atomic E-state index is -2.62. The van der Waals surface area contributed by atoms with Gasteiger partial charge in [-0.25, -0.2) is 0 Å². The Morgan fingerprint density at radius 2 is 1.00 bits per heavy atom. The SMILES string of the molecule is OP(O)O.[K+]. The summed E-state index contributed by atoms with van der Waals surface area (Å²) in [6, 6.07) is 0. The minimum Gasteiger partial charge on any atom is -0.328 e. The van der Waals surface area contributed by atoms with E-state index in [1.807, 2.05) is 0 Å². The molecular formula is H3KO3P+. The van der Waals surface area contributed by atoms with Crippen molar-refractivity contribution < 1.29 is 66.1 Å². The van der Waals surface area contributed by atoms with Crippen molar-refractivity contribution in [1.82, 2.24) is 0 Å². The summed E-state index contributed by atoms with van der Waals surface area (Å²) in [7, 11) is -2.62. The predicted octanol–water partition coefficient (Wildman–Crippen LogP) is -3.81. The molecule has 5 heteroatoms. The Bertz CT molecular complexity index is 11.6. The zero-order valence-corrected chi connectivity index (χ0v) is 6.81. The van der Waals surface area contributed by atoms with E-state index in [-0.39, 0.29) is 51.4 Å². The molecule has 0 aliphatic rings. The van der Waals surface area contributed by atoms with Gasteiger partial charge in [0.05, 0.1) is 0 Å². The quantitative estimate of drug-likeness (QED) is 0.227. The first kappa shape index (κ1) is 10.0. The van der Waals surface area contributed by atoms with Crippen molar-refractivity contribution >= 4 is 8.60 Å². The third kappa shape index (κ3) is 24.4. The van der Waals surface area contributed by atoms with E-state index in [0.29, 0.717) is 0 Å². The van der Waals surface area contributed by atoms with E-state index >= 15 is 0 Å². The summed E-state index contributed by atoms with van der Waals surface area (Å²) < 4.78 is 0. The zero-order chi connectivity index (χ0) is 3.58. The molecule has 5 heavy (non-hydrogen) atoms. The second kappa shape index (κ2) is 5.95. The van der Waals surface area contributed by atoms with Gasteiger partial charge >= 0.3 is 60.0 Å². The molecular weight excluding hydrogens is 118 g/mol. The smallest absolute Gasteiger partial charge is 0.328 e. The van der Waals surface area contributed by atoms with Crippen molar-refractivity contribution in [2.24, 2.45) is 0 Å². The number of hydrogen-bond donors (Lipinski definition) is 3. The Morgan fingerprint density at radius 3 is 1.00 bits per heavy atom.